The maximum absolute atomic E-state index is 14.7. The summed E-state index contributed by atoms with van der Waals surface area (Å²) < 4.78 is 21.6. The summed E-state index contributed by atoms with van der Waals surface area (Å²) in [6, 6.07) is 29.9. The van der Waals surface area contributed by atoms with Crippen LogP contribution in [0.4, 0.5) is 0 Å². The van der Waals surface area contributed by atoms with Gasteiger partial charge in [-0.05, 0) is 95.4 Å². The Morgan fingerprint density at radius 3 is 1.50 bits per heavy atom. The topological polar surface area (TPSA) is 74.2 Å². The summed E-state index contributed by atoms with van der Waals surface area (Å²) in [4.78, 5) is 14.7. The fourth-order valence-corrected chi connectivity index (χ4v) is 6.13. The summed E-state index contributed by atoms with van der Waals surface area (Å²) in [5, 5.41) is 12.9. The highest BCUT2D eigenvalue weighted by Gasteiger charge is 2.55. The number of ketones is 1. The van der Waals surface area contributed by atoms with Crippen molar-refractivity contribution in [3.05, 3.63) is 125 Å². The number of benzene rings is 4. The lowest BCUT2D eigenvalue weighted by molar-refractivity contribution is -0.00848. The molecule has 6 nitrogen and oxygen atoms in total. The molecule has 0 spiro atoms. The summed E-state index contributed by atoms with van der Waals surface area (Å²) in [5.41, 5.74) is 1.40. The molecule has 0 unspecified atom stereocenters. The molecule has 1 aliphatic carbocycles. The summed E-state index contributed by atoms with van der Waals surface area (Å²) in [5.74, 6) is 1.73. The fourth-order valence-electron chi connectivity index (χ4n) is 6.13. The minimum absolute atomic E-state index is 0.167. The summed E-state index contributed by atoms with van der Waals surface area (Å²) in [6.45, 7) is 2.06. The Morgan fingerprint density at radius 1 is 0.643 bits per heavy atom. The first kappa shape index (κ1) is 29.0. The molecule has 0 bridgehead atoms. The normalized spacial score (nSPS) is 21.7. The zero-order valence-electron chi connectivity index (χ0n) is 24.6. The lowest BCUT2D eigenvalue weighted by atomic mass is 9.54. The molecule has 3 atom stereocenters. The van der Waals surface area contributed by atoms with Gasteiger partial charge < -0.3 is 24.1 Å². The van der Waals surface area contributed by atoms with Crippen molar-refractivity contribution in [3.63, 3.8) is 0 Å². The molecular formula is C36H36O6. The number of allylic oxidation sites excluding steroid dienone is 1. The number of carbonyl (C=O) groups is 1. The van der Waals surface area contributed by atoms with Gasteiger partial charge in [0.2, 0.25) is 0 Å². The number of methoxy groups -OCH3 is 4. The van der Waals surface area contributed by atoms with E-state index in [1.54, 1.807) is 52.7 Å². The molecule has 216 valence electrons. The number of aliphatic hydroxyl groups is 1. The van der Waals surface area contributed by atoms with E-state index < -0.39 is 16.9 Å². The molecule has 0 fully saturated rings. The van der Waals surface area contributed by atoms with Crippen LogP contribution in [0.15, 0.2) is 103 Å². The highest BCUT2D eigenvalue weighted by Crippen LogP contribution is 2.55. The van der Waals surface area contributed by atoms with Crippen LogP contribution in [0, 0.1) is 5.92 Å². The molecule has 4 aromatic rings. The Balaban J connectivity index is 1.76. The quantitative estimate of drug-likeness (QED) is 0.224. The average Bonchev–Trinajstić information content (AvgIpc) is 3.04. The van der Waals surface area contributed by atoms with E-state index in [9.17, 15) is 9.90 Å². The fraction of sp³-hybridized carbons (Fsp3) is 0.250. The van der Waals surface area contributed by atoms with Crippen molar-refractivity contribution in [2.24, 2.45) is 5.92 Å². The van der Waals surface area contributed by atoms with Crippen LogP contribution in [0.5, 0.6) is 23.0 Å². The van der Waals surface area contributed by atoms with Gasteiger partial charge >= 0.3 is 0 Å². The molecule has 6 heteroatoms. The first-order chi connectivity index (χ1) is 20.2. The van der Waals surface area contributed by atoms with Crippen molar-refractivity contribution in [3.8, 4) is 23.0 Å². The summed E-state index contributed by atoms with van der Waals surface area (Å²) >= 11 is 0. The molecule has 4 aromatic carbocycles. The third-order valence-corrected chi connectivity index (χ3v) is 8.43. The van der Waals surface area contributed by atoms with E-state index in [2.05, 4.69) is 6.92 Å². The molecule has 1 N–H and O–H groups in total. The van der Waals surface area contributed by atoms with Gasteiger partial charge in [-0.1, -0.05) is 43.3 Å². The van der Waals surface area contributed by atoms with Gasteiger partial charge in [0.1, 0.15) is 28.6 Å². The Labute approximate surface area is 247 Å². The molecule has 0 amide bonds. The molecule has 0 radical (unpaired) electrons. The molecule has 0 aliphatic heterocycles. The molecule has 0 saturated carbocycles. The van der Waals surface area contributed by atoms with Crippen LogP contribution < -0.4 is 18.9 Å². The molecule has 1 aliphatic rings. The van der Waals surface area contributed by atoms with Gasteiger partial charge in [-0.25, -0.2) is 0 Å². The van der Waals surface area contributed by atoms with Gasteiger partial charge in [-0.15, -0.1) is 0 Å². The number of hydrogen-bond donors (Lipinski definition) is 1. The number of hydrogen-bond acceptors (Lipinski definition) is 6. The minimum Gasteiger partial charge on any atom is -0.497 e. The Bertz CT molecular complexity index is 1560. The predicted molar refractivity (Wildman–Crippen MR) is 164 cm³/mol. The van der Waals surface area contributed by atoms with Crippen molar-refractivity contribution in [2.45, 2.75) is 24.4 Å². The molecule has 5 rings (SSSR count). The van der Waals surface area contributed by atoms with E-state index in [0.717, 1.165) is 22.4 Å². The van der Waals surface area contributed by atoms with E-state index in [1.165, 1.54) is 0 Å². The van der Waals surface area contributed by atoms with Crippen LogP contribution >= 0.6 is 0 Å². The Hall–Kier alpha value is -4.55. The third-order valence-electron chi connectivity index (χ3n) is 8.43. The van der Waals surface area contributed by atoms with E-state index in [4.69, 9.17) is 18.9 Å². The predicted octanol–water partition coefficient (Wildman–Crippen LogP) is 6.85. The minimum atomic E-state index is -1.66. The SMILES string of the molecule is COc1ccc(C(=O)[C@H]2[C@](O)(c3ccc(OC)cc3)C=C(c3ccc(OC)cc3)C[C@]2(C)c2ccc(OC)cc2)cc1. The largest absolute Gasteiger partial charge is 0.497 e. The van der Waals surface area contributed by atoms with Crippen molar-refractivity contribution in [1.82, 2.24) is 0 Å². The standard InChI is InChI=1S/C36H36O6/c1-35(27-10-18-31(41-4)19-11-27)22-26(24-6-14-29(39-2)15-7-24)23-36(38,28-12-20-32(42-5)21-13-28)34(35)33(37)25-8-16-30(40-3)17-9-25/h6-21,23,34,38H,22H2,1-5H3/t34-,35-,36-/m1/s1. The maximum Gasteiger partial charge on any atom is 0.170 e. The number of rotatable bonds is 9. The van der Waals surface area contributed by atoms with E-state index in [1.807, 2.05) is 78.9 Å². The molecule has 0 saturated heterocycles. The van der Waals surface area contributed by atoms with Gasteiger partial charge in [-0.2, -0.15) is 0 Å². The van der Waals surface area contributed by atoms with Crippen LogP contribution in [-0.4, -0.2) is 39.3 Å². The van der Waals surface area contributed by atoms with E-state index in [0.29, 0.717) is 34.8 Å². The molecular weight excluding hydrogens is 528 g/mol. The number of ether oxygens (including phenoxy) is 4. The zero-order valence-corrected chi connectivity index (χ0v) is 24.6. The smallest absolute Gasteiger partial charge is 0.170 e. The molecule has 0 heterocycles. The number of carbonyl (C=O) groups excluding carboxylic acids is 1. The second kappa shape index (κ2) is 11.7. The first-order valence-electron chi connectivity index (χ1n) is 13.8. The summed E-state index contributed by atoms with van der Waals surface area (Å²) in [6.07, 6.45) is 2.37. The Morgan fingerprint density at radius 2 is 1.05 bits per heavy atom. The highest BCUT2D eigenvalue weighted by atomic mass is 16.5. The zero-order chi connectivity index (χ0) is 29.9. The van der Waals surface area contributed by atoms with Crippen LogP contribution in [0.25, 0.3) is 5.57 Å². The lowest BCUT2D eigenvalue weighted by Gasteiger charge is -2.49. The van der Waals surface area contributed by atoms with E-state index in [-0.39, 0.29) is 5.78 Å². The third kappa shape index (κ3) is 5.26. The molecule has 0 aromatic heterocycles. The second-order valence-corrected chi connectivity index (χ2v) is 10.8. The van der Waals surface area contributed by atoms with Crippen molar-refractivity contribution < 1.29 is 28.8 Å². The van der Waals surface area contributed by atoms with Crippen molar-refractivity contribution >= 4 is 11.4 Å². The molecule has 42 heavy (non-hydrogen) atoms. The summed E-state index contributed by atoms with van der Waals surface area (Å²) in [7, 11) is 6.45. The highest BCUT2D eigenvalue weighted by molar-refractivity contribution is 6.01. The van der Waals surface area contributed by atoms with Crippen LogP contribution in [0.1, 0.15) is 40.4 Å². The van der Waals surface area contributed by atoms with Gasteiger partial charge in [-0.3, -0.25) is 4.79 Å². The van der Waals surface area contributed by atoms with E-state index >= 15 is 0 Å². The lowest BCUT2D eigenvalue weighted by Crippen LogP contribution is -2.53. The monoisotopic (exact) mass is 564 g/mol. The van der Waals surface area contributed by atoms with Crippen molar-refractivity contribution in [1.29, 1.82) is 0 Å². The van der Waals surface area contributed by atoms with Crippen molar-refractivity contribution in [2.75, 3.05) is 28.4 Å². The van der Waals surface area contributed by atoms with Crippen LogP contribution in [0.3, 0.4) is 0 Å². The van der Waals surface area contributed by atoms with Crippen LogP contribution in [-0.2, 0) is 11.0 Å². The van der Waals surface area contributed by atoms with Gasteiger partial charge in [0.25, 0.3) is 0 Å². The number of Topliss-reactive ketones (excluding diaryl/α,β-unsaturated/α-hetero) is 1. The van der Waals surface area contributed by atoms with Crippen LogP contribution in [0.2, 0.25) is 0 Å². The van der Waals surface area contributed by atoms with Gasteiger partial charge in [0, 0.05) is 11.0 Å². The van der Waals surface area contributed by atoms with Gasteiger partial charge in [0.05, 0.1) is 34.4 Å². The average molecular weight is 565 g/mol. The Kier molecular flexibility index (Phi) is 8.10. The maximum atomic E-state index is 14.7. The first-order valence-corrected chi connectivity index (χ1v) is 13.8. The van der Waals surface area contributed by atoms with Gasteiger partial charge in [0.15, 0.2) is 5.78 Å². The second-order valence-electron chi connectivity index (χ2n) is 10.8.